The number of hydrogen-bond donors (Lipinski definition) is 4. The number of anilines is 3. The van der Waals surface area contributed by atoms with Crippen LogP contribution in [0.2, 0.25) is 5.02 Å². The number of unbranched alkanes of at least 4 members (excludes halogenated alkanes) is 1. The van der Waals surface area contributed by atoms with Crippen LogP contribution in [0.4, 0.5) is 15.8 Å². The summed E-state index contributed by atoms with van der Waals surface area (Å²) in [5.41, 5.74) is 10.7. The molecule has 0 fully saturated rings. The van der Waals surface area contributed by atoms with Gasteiger partial charge in [0.05, 0.1) is 23.9 Å². The zero-order valence-electron chi connectivity index (χ0n) is 28.5. The van der Waals surface area contributed by atoms with Crippen LogP contribution in [0.1, 0.15) is 74.2 Å². The Balaban J connectivity index is 1.05. The molecule has 4 N–H and O–H groups in total. The van der Waals surface area contributed by atoms with E-state index < -0.39 is 0 Å². The predicted octanol–water partition coefficient (Wildman–Crippen LogP) is 7.34. The van der Waals surface area contributed by atoms with Crippen LogP contribution in [0, 0.1) is 34.6 Å². The lowest BCUT2D eigenvalue weighted by molar-refractivity contribution is -0.121. The molecule has 2 aromatic heterocycles. The normalized spacial score (nSPS) is 16.6. The standard InChI is InChI=1S/C36H41ClN8O2S2/c1-19-22(4)48-35-31(19)32(25-12-14-26(37)15-13-25)41-29(33-44-43-24(6)45(33)35)18-30(46)39-17-8-7-16-38-28-11-9-10-27(20(28)2)34(47)42-36-40-21(3)23(5)49-36/h9-15,29,33,38,44H,7-8,16-18H2,1-6H3,(H,39,46)(H,40,42,47)/t29-,33?/m0/s1. The highest BCUT2D eigenvalue weighted by Gasteiger charge is 2.40. The van der Waals surface area contributed by atoms with Gasteiger partial charge in [-0.3, -0.25) is 30.2 Å². The largest absolute Gasteiger partial charge is 0.385 e. The average Bonchev–Trinajstić information content (AvgIpc) is 3.67. The predicted molar refractivity (Wildman–Crippen MR) is 203 cm³/mol. The third kappa shape index (κ3) is 7.36. The Labute approximate surface area is 300 Å². The van der Waals surface area contributed by atoms with Crippen molar-refractivity contribution in [1.29, 1.82) is 0 Å². The molecule has 256 valence electrons. The van der Waals surface area contributed by atoms with Crippen molar-refractivity contribution in [2.45, 2.75) is 73.0 Å². The van der Waals surface area contributed by atoms with E-state index in [1.165, 1.54) is 21.8 Å². The minimum atomic E-state index is -0.371. The fourth-order valence-electron chi connectivity index (χ4n) is 6.07. The van der Waals surface area contributed by atoms with Crippen LogP contribution in [-0.4, -0.2) is 53.6 Å². The number of nitrogens with zero attached hydrogens (tertiary/aromatic N) is 4. The number of rotatable bonds is 11. The topological polar surface area (TPSA) is 123 Å². The summed E-state index contributed by atoms with van der Waals surface area (Å²) in [7, 11) is 0. The van der Waals surface area contributed by atoms with Crippen LogP contribution in [0.5, 0.6) is 0 Å². The van der Waals surface area contributed by atoms with Crippen molar-refractivity contribution in [3.63, 3.8) is 0 Å². The molecule has 0 radical (unpaired) electrons. The van der Waals surface area contributed by atoms with E-state index in [1.807, 2.05) is 70.2 Å². The van der Waals surface area contributed by atoms with Crippen molar-refractivity contribution in [1.82, 2.24) is 15.7 Å². The third-order valence-corrected chi connectivity index (χ3v) is 11.5. The number of hydrogen-bond acceptors (Lipinski definition) is 10. The van der Waals surface area contributed by atoms with Crippen LogP contribution >= 0.6 is 34.3 Å². The van der Waals surface area contributed by atoms with Gasteiger partial charge in [-0.1, -0.05) is 29.8 Å². The molecule has 2 amide bonds. The van der Waals surface area contributed by atoms with Gasteiger partial charge in [0.2, 0.25) is 5.91 Å². The third-order valence-electron chi connectivity index (χ3n) is 9.05. The van der Waals surface area contributed by atoms with Crippen molar-refractivity contribution in [2.24, 2.45) is 10.1 Å². The number of nitrogens with one attached hydrogen (secondary N) is 4. The fourth-order valence-corrected chi connectivity index (χ4v) is 8.25. The first-order chi connectivity index (χ1) is 23.5. The number of aromatic nitrogens is 1. The number of aliphatic imine (C=N–C) groups is 1. The lowest BCUT2D eigenvalue weighted by Gasteiger charge is -2.28. The minimum absolute atomic E-state index is 0.0539. The van der Waals surface area contributed by atoms with Crippen LogP contribution in [0.25, 0.3) is 0 Å². The van der Waals surface area contributed by atoms with E-state index in [0.717, 1.165) is 62.3 Å². The highest BCUT2D eigenvalue weighted by molar-refractivity contribution is 7.17. The van der Waals surface area contributed by atoms with E-state index in [-0.39, 0.29) is 30.4 Å². The monoisotopic (exact) mass is 716 g/mol. The molecule has 1 unspecified atom stereocenters. The van der Waals surface area contributed by atoms with Crippen molar-refractivity contribution in [2.75, 3.05) is 28.6 Å². The number of amides is 2. The molecule has 2 aliphatic rings. The summed E-state index contributed by atoms with van der Waals surface area (Å²) < 4.78 is 0. The number of thiazole rings is 1. The molecule has 0 spiro atoms. The first-order valence-corrected chi connectivity index (χ1v) is 18.4. The second-order valence-corrected chi connectivity index (χ2v) is 15.2. The van der Waals surface area contributed by atoms with Gasteiger partial charge in [0.25, 0.3) is 5.91 Å². The minimum Gasteiger partial charge on any atom is -0.385 e. The number of fused-ring (bicyclic) bond motifs is 3. The summed E-state index contributed by atoms with van der Waals surface area (Å²) in [4.78, 5) is 40.5. The summed E-state index contributed by atoms with van der Waals surface area (Å²) in [5.74, 6) is 0.625. The van der Waals surface area contributed by atoms with Crippen molar-refractivity contribution >= 4 is 73.5 Å². The second kappa shape index (κ2) is 14.7. The Bertz CT molecular complexity index is 1930. The molecule has 0 saturated carbocycles. The summed E-state index contributed by atoms with van der Waals surface area (Å²) in [6.45, 7) is 13.4. The number of hydrazone groups is 1. The maximum Gasteiger partial charge on any atom is 0.257 e. The van der Waals surface area contributed by atoms with Gasteiger partial charge in [-0.05, 0) is 89.8 Å². The lowest BCUT2D eigenvalue weighted by Crippen LogP contribution is -2.48. The molecule has 2 aromatic carbocycles. The summed E-state index contributed by atoms with van der Waals surface area (Å²) in [5, 5.41) is 16.4. The molecule has 0 aliphatic carbocycles. The fraction of sp³-hybridized carbons (Fsp3) is 0.361. The van der Waals surface area contributed by atoms with Gasteiger partial charge in [0.1, 0.15) is 17.0 Å². The number of aryl methyl sites for hydroxylation is 3. The van der Waals surface area contributed by atoms with E-state index in [1.54, 1.807) is 11.3 Å². The zero-order valence-corrected chi connectivity index (χ0v) is 30.9. The summed E-state index contributed by atoms with van der Waals surface area (Å²) in [6, 6.07) is 13.0. The molecular formula is C36H41ClN8O2S2. The van der Waals surface area contributed by atoms with Gasteiger partial charge in [-0.15, -0.1) is 22.7 Å². The molecular weight excluding hydrogens is 676 g/mol. The highest BCUT2D eigenvalue weighted by atomic mass is 35.5. The van der Waals surface area contributed by atoms with Crippen LogP contribution in [0.15, 0.2) is 52.6 Å². The molecule has 0 bridgehead atoms. The summed E-state index contributed by atoms with van der Waals surface area (Å²) in [6.07, 6.45) is 1.59. The number of carbonyl (C=O) groups is 2. The van der Waals surface area contributed by atoms with E-state index in [2.05, 4.69) is 50.2 Å². The maximum atomic E-state index is 13.3. The molecule has 0 saturated heterocycles. The average molecular weight is 717 g/mol. The smallest absolute Gasteiger partial charge is 0.257 e. The summed E-state index contributed by atoms with van der Waals surface area (Å²) >= 11 is 9.43. The Hall–Kier alpha value is -4.26. The second-order valence-electron chi connectivity index (χ2n) is 12.4. The number of carbonyl (C=O) groups excluding carboxylic acids is 2. The first kappa shape index (κ1) is 34.6. The van der Waals surface area contributed by atoms with Gasteiger partial charge < -0.3 is 10.6 Å². The highest BCUT2D eigenvalue weighted by Crippen LogP contribution is 2.42. The van der Waals surface area contributed by atoms with Crippen molar-refractivity contribution < 1.29 is 9.59 Å². The molecule has 10 nitrogen and oxygen atoms in total. The molecule has 49 heavy (non-hydrogen) atoms. The van der Waals surface area contributed by atoms with E-state index in [4.69, 9.17) is 16.6 Å². The van der Waals surface area contributed by atoms with Crippen LogP contribution in [-0.2, 0) is 4.79 Å². The Kier molecular flexibility index (Phi) is 10.4. The van der Waals surface area contributed by atoms with Crippen molar-refractivity contribution in [3.05, 3.63) is 90.8 Å². The Morgan fingerprint density at radius 1 is 0.939 bits per heavy atom. The number of halogens is 1. The number of benzene rings is 2. The SMILES string of the molecule is CC1=NNC2[C@H](CC(=O)NCCCCNc3cccc(C(=O)Nc4nc(C)c(C)s4)c3C)N=C(c3ccc(Cl)cc3)c3c(sc(C)c3C)N12. The van der Waals surface area contributed by atoms with E-state index in [9.17, 15) is 9.59 Å². The Morgan fingerprint density at radius 2 is 1.69 bits per heavy atom. The molecule has 6 rings (SSSR count). The molecule has 4 aromatic rings. The van der Waals surface area contributed by atoms with Crippen molar-refractivity contribution in [3.8, 4) is 0 Å². The molecule has 13 heteroatoms. The number of amidine groups is 1. The van der Waals surface area contributed by atoms with Gasteiger partial charge >= 0.3 is 0 Å². The van der Waals surface area contributed by atoms with E-state index >= 15 is 0 Å². The first-order valence-electron chi connectivity index (χ1n) is 16.4. The molecule has 2 aliphatic heterocycles. The van der Waals surface area contributed by atoms with Gasteiger partial charge in [0, 0.05) is 50.2 Å². The maximum absolute atomic E-state index is 13.3. The van der Waals surface area contributed by atoms with Gasteiger partial charge in [-0.25, -0.2) is 4.98 Å². The van der Waals surface area contributed by atoms with Crippen LogP contribution in [0.3, 0.4) is 0 Å². The number of thiophene rings is 1. The molecule has 4 heterocycles. The molecule has 2 atom stereocenters. The zero-order chi connectivity index (χ0) is 34.8. The van der Waals surface area contributed by atoms with Crippen LogP contribution < -0.4 is 26.3 Å². The lowest BCUT2D eigenvalue weighted by atomic mass is 9.99. The van der Waals surface area contributed by atoms with Gasteiger partial charge in [-0.2, -0.15) is 5.10 Å². The Morgan fingerprint density at radius 3 is 2.43 bits per heavy atom. The van der Waals surface area contributed by atoms with Gasteiger partial charge in [0.15, 0.2) is 5.13 Å². The van der Waals surface area contributed by atoms with E-state index in [0.29, 0.717) is 28.8 Å². The quantitative estimate of drug-likeness (QED) is 0.121.